The van der Waals surface area contributed by atoms with Crippen LogP contribution in [0, 0.1) is 0 Å². The summed E-state index contributed by atoms with van der Waals surface area (Å²) in [7, 11) is 1.64. The molecular formula is C23H26N4O2. The number of methoxy groups -OCH3 is 1. The van der Waals surface area contributed by atoms with E-state index in [4.69, 9.17) is 9.72 Å². The summed E-state index contributed by atoms with van der Waals surface area (Å²) in [6.45, 7) is 5.56. The van der Waals surface area contributed by atoms with Crippen molar-refractivity contribution in [2.75, 3.05) is 46.4 Å². The van der Waals surface area contributed by atoms with Crippen LogP contribution in [0.5, 0.6) is 5.75 Å². The lowest BCUT2D eigenvalue weighted by molar-refractivity contribution is 0.0949. The number of rotatable bonds is 6. The van der Waals surface area contributed by atoms with Crippen molar-refractivity contribution >= 4 is 16.8 Å². The van der Waals surface area contributed by atoms with Gasteiger partial charge < -0.3 is 15.4 Å². The third kappa shape index (κ3) is 4.55. The SMILES string of the molecule is COc1ccc(-c2cc(C(=O)NCCN3CCNCC3)c3ccccc3n2)cc1. The van der Waals surface area contributed by atoms with Crippen LogP contribution in [0.15, 0.2) is 54.6 Å². The van der Waals surface area contributed by atoms with Gasteiger partial charge in [0.1, 0.15) is 5.75 Å². The Morgan fingerprint density at radius 1 is 1.14 bits per heavy atom. The Morgan fingerprint density at radius 2 is 1.90 bits per heavy atom. The van der Waals surface area contributed by atoms with Crippen molar-refractivity contribution in [3.05, 3.63) is 60.2 Å². The minimum absolute atomic E-state index is 0.0616. The molecule has 0 atom stereocenters. The number of amides is 1. The molecule has 1 saturated heterocycles. The quantitative estimate of drug-likeness (QED) is 0.677. The molecule has 2 heterocycles. The van der Waals surface area contributed by atoms with Crippen molar-refractivity contribution in [3.8, 4) is 17.0 Å². The molecule has 4 rings (SSSR count). The van der Waals surface area contributed by atoms with Crippen LogP contribution < -0.4 is 15.4 Å². The number of carbonyl (C=O) groups is 1. The maximum Gasteiger partial charge on any atom is 0.252 e. The smallest absolute Gasteiger partial charge is 0.252 e. The molecule has 0 saturated carbocycles. The van der Waals surface area contributed by atoms with E-state index in [1.165, 1.54) is 0 Å². The molecule has 1 aromatic heterocycles. The molecule has 1 aliphatic rings. The lowest BCUT2D eigenvalue weighted by Crippen LogP contribution is -2.46. The van der Waals surface area contributed by atoms with Gasteiger partial charge in [0.15, 0.2) is 0 Å². The highest BCUT2D eigenvalue weighted by Gasteiger charge is 2.15. The number of benzene rings is 2. The Bertz CT molecular complexity index is 982. The lowest BCUT2D eigenvalue weighted by atomic mass is 10.0. The Labute approximate surface area is 170 Å². The third-order valence-electron chi connectivity index (χ3n) is 5.27. The van der Waals surface area contributed by atoms with E-state index in [-0.39, 0.29) is 5.91 Å². The normalized spacial score (nSPS) is 14.7. The first-order chi connectivity index (χ1) is 14.2. The van der Waals surface area contributed by atoms with Gasteiger partial charge in [0.05, 0.1) is 23.9 Å². The summed E-state index contributed by atoms with van der Waals surface area (Å²) in [5.74, 6) is 0.730. The highest BCUT2D eigenvalue weighted by molar-refractivity contribution is 6.07. The number of piperazine rings is 1. The third-order valence-corrected chi connectivity index (χ3v) is 5.27. The summed E-state index contributed by atoms with van der Waals surface area (Å²) in [6.07, 6.45) is 0. The molecule has 1 amide bonds. The number of carbonyl (C=O) groups excluding carboxylic acids is 1. The number of nitrogens with zero attached hydrogens (tertiary/aromatic N) is 2. The van der Waals surface area contributed by atoms with E-state index in [1.54, 1.807) is 7.11 Å². The minimum atomic E-state index is -0.0616. The van der Waals surface area contributed by atoms with Crippen LogP contribution in [0.1, 0.15) is 10.4 Å². The van der Waals surface area contributed by atoms with Gasteiger partial charge in [-0.15, -0.1) is 0 Å². The van der Waals surface area contributed by atoms with Gasteiger partial charge in [-0.25, -0.2) is 4.98 Å². The number of nitrogens with one attached hydrogen (secondary N) is 2. The van der Waals surface area contributed by atoms with Gasteiger partial charge in [-0.2, -0.15) is 0 Å². The maximum absolute atomic E-state index is 13.0. The summed E-state index contributed by atoms with van der Waals surface area (Å²) < 4.78 is 5.24. The van der Waals surface area contributed by atoms with Crippen LogP contribution in [0.3, 0.4) is 0 Å². The number of ether oxygens (including phenoxy) is 1. The monoisotopic (exact) mass is 390 g/mol. The minimum Gasteiger partial charge on any atom is -0.497 e. The molecule has 0 radical (unpaired) electrons. The van der Waals surface area contributed by atoms with Gasteiger partial charge in [-0.1, -0.05) is 18.2 Å². The van der Waals surface area contributed by atoms with Crippen molar-refractivity contribution in [2.45, 2.75) is 0 Å². The van der Waals surface area contributed by atoms with E-state index in [1.807, 2.05) is 54.6 Å². The van der Waals surface area contributed by atoms with Crippen molar-refractivity contribution in [1.29, 1.82) is 0 Å². The molecule has 29 heavy (non-hydrogen) atoms. The average molecular weight is 390 g/mol. The van der Waals surface area contributed by atoms with Crippen LogP contribution in [0.25, 0.3) is 22.2 Å². The molecular weight excluding hydrogens is 364 g/mol. The van der Waals surface area contributed by atoms with E-state index < -0.39 is 0 Å². The number of pyridine rings is 1. The van der Waals surface area contributed by atoms with Crippen molar-refractivity contribution < 1.29 is 9.53 Å². The zero-order valence-electron chi connectivity index (χ0n) is 16.6. The first-order valence-electron chi connectivity index (χ1n) is 10.00. The highest BCUT2D eigenvalue weighted by atomic mass is 16.5. The number of hydrogen-bond acceptors (Lipinski definition) is 5. The second-order valence-corrected chi connectivity index (χ2v) is 7.15. The average Bonchev–Trinajstić information content (AvgIpc) is 2.79. The first-order valence-corrected chi connectivity index (χ1v) is 10.00. The molecule has 0 unspecified atom stereocenters. The first kappa shape index (κ1) is 19.4. The summed E-state index contributed by atoms with van der Waals surface area (Å²) in [4.78, 5) is 20.1. The molecule has 1 aliphatic heterocycles. The van der Waals surface area contributed by atoms with E-state index in [2.05, 4.69) is 15.5 Å². The number of fused-ring (bicyclic) bond motifs is 1. The molecule has 6 heteroatoms. The van der Waals surface area contributed by atoms with E-state index in [0.717, 1.165) is 60.6 Å². The zero-order chi connectivity index (χ0) is 20.1. The second-order valence-electron chi connectivity index (χ2n) is 7.15. The van der Waals surface area contributed by atoms with Gasteiger partial charge in [-0.05, 0) is 36.4 Å². The number of aromatic nitrogens is 1. The van der Waals surface area contributed by atoms with Crippen LogP contribution in [-0.2, 0) is 0 Å². The fourth-order valence-electron chi connectivity index (χ4n) is 3.63. The van der Waals surface area contributed by atoms with Gasteiger partial charge in [0.25, 0.3) is 5.91 Å². The molecule has 0 aliphatic carbocycles. The Balaban J connectivity index is 1.57. The van der Waals surface area contributed by atoms with E-state index in [9.17, 15) is 4.79 Å². The van der Waals surface area contributed by atoms with Gasteiger partial charge in [-0.3, -0.25) is 9.69 Å². The fourth-order valence-corrected chi connectivity index (χ4v) is 3.63. The highest BCUT2D eigenvalue weighted by Crippen LogP contribution is 2.26. The maximum atomic E-state index is 13.0. The summed E-state index contributed by atoms with van der Waals surface area (Å²) >= 11 is 0. The van der Waals surface area contributed by atoms with Crippen molar-refractivity contribution in [2.24, 2.45) is 0 Å². The second kappa shape index (κ2) is 9.03. The van der Waals surface area contributed by atoms with Crippen LogP contribution in [0.2, 0.25) is 0 Å². The number of hydrogen-bond donors (Lipinski definition) is 2. The summed E-state index contributed by atoms with van der Waals surface area (Å²) in [6, 6.07) is 17.4. The Hall–Kier alpha value is -2.96. The predicted molar refractivity (Wildman–Crippen MR) is 115 cm³/mol. The molecule has 6 nitrogen and oxygen atoms in total. The Morgan fingerprint density at radius 3 is 2.66 bits per heavy atom. The van der Waals surface area contributed by atoms with Crippen LogP contribution >= 0.6 is 0 Å². The molecule has 2 aromatic carbocycles. The Kier molecular flexibility index (Phi) is 6.03. The predicted octanol–water partition coefficient (Wildman–Crippen LogP) is 2.55. The van der Waals surface area contributed by atoms with Crippen molar-refractivity contribution in [3.63, 3.8) is 0 Å². The van der Waals surface area contributed by atoms with E-state index in [0.29, 0.717) is 12.1 Å². The molecule has 0 spiro atoms. The summed E-state index contributed by atoms with van der Waals surface area (Å²) in [5, 5.41) is 7.30. The standard InChI is InChI=1S/C23H26N4O2/c1-29-18-8-6-17(7-9-18)22-16-20(19-4-2-3-5-21(19)26-22)23(28)25-12-15-27-13-10-24-11-14-27/h2-9,16,24H,10-15H2,1H3,(H,25,28). The topological polar surface area (TPSA) is 66.5 Å². The van der Waals surface area contributed by atoms with Gasteiger partial charge in [0, 0.05) is 50.2 Å². The molecule has 150 valence electrons. The molecule has 0 bridgehead atoms. The zero-order valence-corrected chi connectivity index (χ0v) is 16.6. The van der Waals surface area contributed by atoms with Gasteiger partial charge in [0.2, 0.25) is 0 Å². The van der Waals surface area contributed by atoms with Gasteiger partial charge >= 0.3 is 0 Å². The molecule has 1 fully saturated rings. The number of para-hydroxylation sites is 1. The van der Waals surface area contributed by atoms with Crippen LogP contribution in [0.4, 0.5) is 0 Å². The van der Waals surface area contributed by atoms with E-state index >= 15 is 0 Å². The summed E-state index contributed by atoms with van der Waals surface area (Å²) in [5.41, 5.74) is 3.19. The molecule has 2 N–H and O–H groups in total. The van der Waals surface area contributed by atoms with Crippen LogP contribution in [-0.4, -0.2) is 62.2 Å². The lowest BCUT2D eigenvalue weighted by Gasteiger charge is -2.27. The largest absolute Gasteiger partial charge is 0.497 e. The fraction of sp³-hybridized carbons (Fsp3) is 0.304. The molecule has 3 aromatic rings. The van der Waals surface area contributed by atoms with Crippen molar-refractivity contribution in [1.82, 2.24) is 20.5 Å².